The van der Waals surface area contributed by atoms with Crippen LogP contribution < -0.4 is 0 Å². The molecule has 1 saturated carbocycles. The Balaban J connectivity index is 3.08. The van der Waals surface area contributed by atoms with Crippen molar-refractivity contribution in [3.8, 4) is 0 Å². The number of hydrogen-bond donors (Lipinski definition) is 0. The zero-order valence-electron chi connectivity index (χ0n) is 8.76. The number of carbonyl (C=O) groups is 2. The molecule has 0 aromatic rings. The average molecular weight is 196 g/mol. The van der Waals surface area contributed by atoms with Gasteiger partial charge in [-0.1, -0.05) is 19.1 Å². The van der Waals surface area contributed by atoms with Crippen molar-refractivity contribution in [2.24, 2.45) is 5.41 Å². The largest absolute Gasteiger partial charge is 0.468 e. The summed E-state index contributed by atoms with van der Waals surface area (Å²) in [5.74, 6) is -0.501. The van der Waals surface area contributed by atoms with Crippen LogP contribution in [0.1, 0.15) is 32.6 Å². The Morgan fingerprint density at radius 2 is 2.21 bits per heavy atom. The van der Waals surface area contributed by atoms with Gasteiger partial charge < -0.3 is 4.74 Å². The third-order valence-electron chi connectivity index (χ3n) is 2.96. The molecular weight excluding hydrogens is 180 g/mol. The SMILES string of the molecule is C=C1CCC[C@]1(C(=O)CC)C(=O)OC. The fourth-order valence-corrected chi connectivity index (χ4v) is 2.13. The Hall–Kier alpha value is -1.12. The van der Waals surface area contributed by atoms with Crippen molar-refractivity contribution in [1.82, 2.24) is 0 Å². The number of methoxy groups -OCH3 is 1. The van der Waals surface area contributed by atoms with E-state index in [2.05, 4.69) is 6.58 Å². The average Bonchev–Trinajstić information content (AvgIpc) is 2.59. The molecule has 3 heteroatoms. The van der Waals surface area contributed by atoms with E-state index in [0.29, 0.717) is 12.8 Å². The zero-order chi connectivity index (χ0) is 10.8. The van der Waals surface area contributed by atoms with Crippen LogP contribution in [0.3, 0.4) is 0 Å². The molecule has 3 nitrogen and oxygen atoms in total. The number of ketones is 1. The summed E-state index contributed by atoms with van der Waals surface area (Å²) < 4.78 is 4.71. The minimum Gasteiger partial charge on any atom is -0.468 e. The Kier molecular flexibility index (Phi) is 3.09. The van der Waals surface area contributed by atoms with Gasteiger partial charge in [0, 0.05) is 6.42 Å². The van der Waals surface area contributed by atoms with Gasteiger partial charge in [-0.05, 0) is 19.3 Å². The molecule has 14 heavy (non-hydrogen) atoms. The Morgan fingerprint density at radius 3 is 2.57 bits per heavy atom. The Labute approximate surface area is 84.1 Å². The first-order valence-electron chi connectivity index (χ1n) is 4.89. The van der Waals surface area contributed by atoms with Gasteiger partial charge in [-0.3, -0.25) is 9.59 Å². The second-order valence-electron chi connectivity index (χ2n) is 3.63. The number of carbonyl (C=O) groups excluding carboxylic acids is 2. The molecule has 0 bridgehead atoms. The van der Waals surface area contributed by atoms with Crippen molar-refractivity contribution in [2.75, 3.05) is 7.11 Å². The van der Waals surface area contributed by atoms with E-state index in [1.807, 2.05) is 0 Å². The predicted molar refractivity (Wildman–Crippen MR) is 52.7 cm³/mol. The minimum atomic E-state index is -1.02. The van der Waals surface area contributed by atoms with Gasteiger partial charge in [0.15, 0.2) is 5.78 Å². The van der Waals surface area contributed by atoms with Gasteiger partial charge in [0.1, 0.15) is 5.41 Å². The molecule has 0 radical (unpaired) electrons. The van der Waals surface area contributed by atoms with Crippen LogP contribution in [0.25, 0.3) is 0 Å². The number of rotatable bonds is 3. The number of hydrogen-bond acceptors (Lipinski definition) is 3. The molecule has 1 aliphatic rings. The molecule has 0 amide bonds. The van der Waals surface area contributed by atoms with Crippen LogP contribution in [0.5, 0.6) is 0 Å². The van der Waals surface area contributed by atoms with E-state index < -0.39 is 11.4 Å². The second kappa shape index (κ2) is 3.95. The molecule has 0 N–H and O–H groups in total. The van der Waals surface area contributed by atoms with Gasteiger partial charge in [-0.25, -0.2) is 0 Å². The predicted octanol–water partition coefficient (Wildman–Crippen LogP) is 1.86. The van der Waals surface area contributed by atoms with Gasteiger partial charge in [0.2, 0.25) is 0 Å². The first-order chi connectivity index (χ1) is 6.59. The van der Waals surface area contributed by atoms with Crippen LogP contribution >= 0.6 is 0 Å². The third-order valence-corrected chi connectivity index (χ3v) is 2.96. The maximum atomic E-state index is 11.8. The van der Waals surface area contributed by atoms with E-state index in [1.165, 1.54) is 7.11 Å². The highest BCUT2D eigenvalue weighted by molar-refractivity contribution is 6.07. The lowest BCUT2D eigenvalue weighted by atomic mass is 9.78. The third kappa shape index (κ3) is 1.37. The van der Waals surface area contributed by atoms with Crippen molar-refractivity contribution in [3.05, 3.63) is 12.2 Å². The smallest absolute Gasteiger partial charge is 0.323 e. The van der Waals surface area contributed by atoms with E-state index >= 15 is 0 Å². The maximum Gasteiger partial charge on any atom is 0.323 e. The molecule has 0 spiro atoms. The fraction of sp³-hybridized carbons (Fsp3) is 0.636. The first-order valence-corrected chi connectivity index (χ1v) is 4.89. The van der Waals surface area contributed by atoms with Crippen LogP contribution in [0.2, 0.25) is 0 Å². The maximum absolute atomic E-state index is 11.8. The van der Waals surface area contributed by atoms with Gasteiger partial charge >= 0.3 is 5.97 Å². The summed E-state index contributed by atoms with van der Waals surface area (Å²) in [6.07, 6.45) is 2.51. The molecular formula is C11H16O3. The lowest BCUT2D eigenvalue weighted by Gasteiger charge is -2.25. The summed E-state index contributed by atoms with van der Waals surface area (Å²) in [6, 6.07) is 0. The van der Waals surface area contributed by atoms with Gasteiger partial charge in [-0.2, -0.15) is 0 Å². The van der Waals surface area contributed by atoms with Crippen molar-refractivity contribution in [1.29, 1.82) is 0 Å². The normalized spacial score (nSPS) is 26.3. The summed E-state index contributed by atoms with van der Waals surface area (Å²) in [6.45, 7) is 5.59. The Bertz CT molecular complexity index is 262. The lowest BCUT2D eigenvalue weighted by molar-refractivity contribution is -0.154. The van der Waals surface area contributed by atoms with Crippen molar-refractivity contribution < 1.29 is 14.3 Å². The molecule has 0 heterocycles. The van der Waals surface area contributed by atoms with Crippen LogP contribution in [0.15, 0.2) is 12.2 Å². The van der Waals surface area contributed by atoms with Crippen LogP contribution in [0, 0.1) is 5.41 Å². The van der Waals surface area contributed by atoms with E-state index in [1.54, 1.807) is 6.92 Å². The topological polar surface area (TPSA) is 43.4 Å². The summed E-state index contributed by atoms with van der Waals surface area (Å²) in [7, 11) is 1.32. The fourth-order valence-electron chi connectivity index (χ4n) is 2.13. The summed E-state index contributed by atoms with van der Waals surface area (Å²) in [5.41, 5.74) is -0.306. The van der Waals surface area contributed by atoms with Crippen LogP contribution in [-0.4, -0.2) is 18.9 Å². The number of Topliss-reactive ketones (excluding diaryl/α,β-unsaturated/α-hetero) is 1. The second-order valence-corrected chi connectivity index (χ2v) is 3.63. The molecule has 1 fully saturated rings. The quantitative estimate of drug-likeness (QED) is 0.393. The highest BCUT2D eigenvalue weighted by Gasteiger charge is 2.50. The number of esters is 1. The molecule has 0 unspecified atom stereocenters. The molecule has 1 atom stereocenters. The lowest BCUT2D eigenvalue weighted by Crippen LogP contribution is -2.38. The monoisotopic (exact) mass is 196 g/mol. The highest BCUT2D eigenvalue weighted by Crippen LogP contribution is 2.44. The molecule has 0 aliphatic heterocycles. The standard InChI is InChI=1S/C11H16O3/c1-4-9(12)11(10(13)14-3)7-5-6-8(11)2/h2,4-7H2,1,3H3/t11-/m0/s1. The molecule has 1 rings (SSSR count). The molecule has 1 aliphatic carbocycles. The van der Waals surface area contributed by atoms with E-state index in [4.69, 9.17) is 4.74 Å². The minimum absolute atomic E-state index is 0.0631. The van der Waals surface area contributed by atoms with E-state index in [9.17, 15) is 9.59 Å². The van der Waals surface area contributed by atoms with E-state index in [-0.39, 0.29) is 5.78 Å². The zero-order valence-corrected chi connectivity index (χ0v) is 8.76. The number of ether oxygens (including phenoxy) is 1. The van der Waals surface area contributed by atoms with E-state index in [0.717, 1.165) is 18.4 Å². The molecule has 0 saturated heterocycles. The van der Waals surface area contributed by atoms with Gasteiger partial charge in [-0.15, -0.1) is 0 Å². The van der Waals surface area contributed by atoms with Gasteiger partial charge in [0.05, 0.1) is 7.11 Å². The highest BCUT2D eigenvalue weighted by atomic mass is 16.5. The van der Waals surface area contributed by atoms with Gasteiger partial charge in [0.25, 0.3) is 0 Å². The summed E-state index contributed by atoms with van der Waals surface area (Å²) in [5, 5.41) is 0. The molecule has 0 aromatic carbocycles. The Morgan fingerprint density at radius 1 is 1.57 bits per heavy atom. The van der Waals surface area contributed by atoms with Crippen LogP contribution in [-0.2, 0) is 14.3 Å². The molecule has 0 aromatic heterocycles. The van der Waals surface area contributed by atoms with Crippen molar-refractivity contribution in [3.63, 3.8) is 0 Å². The van der Waals surface area contributed by atoms with Crippen LogP contribution in [0.4, 0.5) is 0 Å². The van der Waals surface area contributed by atoms with Crippen molar-refractivity contribution >= 4 is 11.8 Å². The first kappa shape index (κ1) is 11.0. The molecule has 78 valence electrons. The summed E-state index contributed by atoms with van der Waals surface area (Å²) >= 11 is 0. The van der Waals surface area contributed by atoms with Crippen molar-refractivity contribution in [2.45, 2.75) is 32.6 Å². The summed E-state index contributed by atoms with van der Waals surface area (Å²) in [4.78, 5) is 23.4.